The van der Waals surface area contributed by atoms with Crippen molar-refractivity contribution in [1.29, 1.82) is 0 Å². The molecule has 4 rings (SSSR count). The van der Waals surface area contributed by atoms with E-state index >= 15 is 0 Å². The van der Waals surface area contributed by atoms with E-state index in [0.29, 0.717) is 12.1 Å². The SMILES string of the molecule is O=S(=O)(Cc1ccc(F)cc1)N1CCc2ccc(N3CCCC3)cc21. The minimum atomic E-state index is -3.49. The molecule has 2 aliphatic rings. The van der Waals surface area contributed by atoms with Gasteiger partial charge < -0.3 is 4.90 Å². The van der Waals surface area contributed by atoms with Gasteiger partial charge in [0.2, 0.25) is 10.0 Å². The normalized spacial score (nSPS) is 17.2. The van der Waals surface area contributed by atoms with Gasteiger partial charge in [0.25, 0.3) is 0 Å². The monoisotopic (exact) mass is 360 g/mol. The van der Waals surface area contributed by atoms with E-state index in [1.54, 1.807) is 0 Å². The standard InChI is InChI=1S/C19H21FN2O2S/c20-17-6-3-15(4-7-17)14-25(23,24)22-12-9-16-5-8-18(13-19(16)22)21-10-1-2-11-21/h3-8,13H,1-2,9-12,14H2. The summed E-state index contributed by atoms with van der Waals surface area (Å²) in [4.78, 5) is 2.31. The molecular formula is C19H21FN2O2S. The fraction of sp³-hybridized carbons (Fsp3) is 0.368. The van der Waals surface area contributed by atoms with Crippen molar-refractivity contribution in [3.8, 4) is 0 Å². The molecule has 0 N–H and O–H groups in total. The zero-order valence-corrected chi connectivity index (χ0v) is 14.8. The van der Waals surface area contributed by atoms with Crippen molar-refractivity contribution >= 4 is 21.4 Å². The van der Waals surface area contributed by atoms with Crippen LogP contribution in [0.2, 0.25) is 0 Å². The van der Waals surface area contributed by atoms with E-state index in [1.165, 1.54) is 41.4 Å². The zero-order chi connectivity index (χ0) is 17.4. The summed E-state index contributed by atoms with van der Waals surface area (Å²) in [6, 6.07) is 11.8. The lowest BCUT2D eigenvalue weighted by Gasteiger charge is -2.23. The first-order chi connectivity index (χ1) is 12.0. The molecule has 6 heteroatoms. The highest BCUT2D eigenvalue weighted by atomic mass is 32.2. The van der Waals surface area contributed by atoms with Crippen molar-refractivity contribution in [3.05, 3.63) is 59.4 Å². The van der Waals surface area contributed by atoms with Crippen LogP contribution in [0.4, 0.5) is 15.8 Å². The first-order valence-electron chi connectivity index (χ1n) is 8.66. The molecule has 0 unspecified atom stereocenters. The van der Waals surface area contributed by atoms with Gasteiger partial charge in [0, 0.05) is 25.3 Å². The van der Waals surface area contributed by atoms with E-state index in [9.17, 15) is 12.8 Å². The van der Waals surface area contributed by atoms with E-state index in [4.69, 9.17) is 0 Å². The highest BCUT2D eigenvalue weighted by Crippen LogP contribution is 2.35. The average molecular weight is 360 g/mol. The summed E-state index contributed by atoms with van der Waals surface area (Å²) >= 11 is 0. The van der Waals surface area contributed by atoms with Crippen LogP contribution in [0.3, 0.4) is 0 Å². The summed E-state index contributed by atoms with van der Waals surface area (Å²) in [5, 5.41) is 0. The molecule has 0 saturated carbocycles. The summed E-state index contributed by atoms with van der Waals surface area (Å²) in [5.41, 5.74) is 3.57. The molecule has 0 radical (unpaired) electrons. The van der Waals surface area contributed by atoms with Crippen molar-refractivity contribution < 1.29 is 12.8 Å². The summed E-state index contributed by atoms with van der Waals surface area (Å²) in [6.45, 7) is 2.53. The van der Waals surface area contributed by atoms with Crippen LogP contribution in [0.15, 0.2) is 42.5 Å². The van der Waals surface area contributed by atoms with Gasteiger partial charge in [-0.1, -0.05) is 18.2 Å². The Morgan fingerprint density at radius 1 is 0.960 bits per heavy atom. The molecule has 2 aromatic rings. The number of nitrogens with zero attached hydrogens (tertiary/aromatic N) is 2. The molecule has 2 aromatic carbocycles. The quantitative estimate of drug-likeness (QED) is 0.840. The summed E-state index contributed by atoms with van der Waals surface area (Å²) < 4.78 is 40.4. The molecule has 0 bridgehead atoms. The highest BCUT2D eigenvalue weighted by Gasteiger charge is 2.30. The topological polar surface area (TPSA) is 40.6 Å². The highest BCUT2D eigenvalue weighted by molar-refractivity contribution is 7.92. The van der Waals surface area contributed by atoms with Gasteiger partial charge in [-0.05, 0) is 54.7 Å². The molecule has 1 fully saturated rings. The first-order valence-corrected chi connectivity index (χ1v) is 10.3. The maximum absolute atomic E-state index is 13.0. The Morgan fingerprint density at radius 3 is 2.40 bits per heavy atom. The minimum absolute atomic E-state index is 0.110. The third-order valence-electron chi connectivity index (χ3n) is 4.99. The molecular weight excluding hydrogens is 339 g/mol. The lowest BCUT2D eigenvalue weighted by Crippen LogP contribution is -2.30. The Balaban J connectivity index is 1.61. The smallest absolute Gasteiger partial charge is 0.239 e. The van der Waals surface area contributed by atoms with Crippen LogP contribution < -0.4 is 9.21 Å². The Kier molecular flexibility index (Phi) is 4.15. The summed E-state index contributed by atoms with van der Waals surface area (Å²) in [6.07, 6.45) is 3.10. The van der Waals surface area contributed by atoms with Crippen LogP contribution in [-0.4, -0.2) is 28.1 Å². The van der Waals surface area contributed by atoms with Crippen LogP contribution in [0, 0.1) is 5.82 Å². The van der Waals surface area contributed by atoms with Crippen molar-refractivity contribution in [2.75, 3.05) is 28.8 Å². The predicted octanol–water partition coefficient (Wildman–Crippen LogP) is 3.32. The number of anilines is 2. The van der Waals surface area contributed by atoms with Crippen LogP contribution in [0.25, 0.3) is 0 Å². The molecule has 0 atom stereocenters. The number of sulfonamides is 1. The molecule has 2 heterocycles. The van der Waals surface area contributed by atoms with Crippen LogP contribution in [0.1, 0.15) is 24.0 Å². The molecule has 2 aliphatic heterocycles. The van der Waals surface area contributed by atoms with Gasteiger partial charge in [0.05, 0.1) is 11.4 Å². The molecule has 25 heavy (non-hydrogen) atoms. The molecule has 0 amide bonds. The third-order valence-corrected chi connectivity index (χ3v) is 6.74. The fourth-order valence-corrected chi connectivity index (χ4v) is 5.28. The van der Waals surface area contributed by atoms with Gasteiger partial charge in [-0.15, -0.1) is 0 Å². The zero-order valence-electron chi connectivity index (χ0n) is 14.0. The second-order valence-corrected chi connectivity index (χ2v) is 8.61. The number of halogens is 1. The number of hydrogen-bond donors (Lipinski definition) is 0. The van der Waals surface area contributed by atoms with E-state index in [2.05, 4.69) is 17.0 Å². The van der Waals surface area contributed by atoms with Gasteiger partial charge in [-0.2, -0.15) is 0 Å². The van der Waals surface area contributed by atoms with Crippen LogP contribution in [0.5, 0.6) is 0 Å². The van der Waals surface area contributed by atoms with Gasteiger partial charge in [0.15, 0.2) is 0 Å². The van der Waals surface area contributed by atoms with Crippen LogP contribution in [-0.2, 0) is 22.2 Å². The Bertz CT molecular complexity index is 875. The Morgan fingerprint density at radius 2 is 1.68 bits per heavy atom. The molecule has 4 nitrogen and oxygen atoms in total. The predicted molar refractivity (Wildman–Crippen MR) is 98.0 cm³/mol. The molecule has 0 aromatic heterocycles. The maximum Gasteiger partial charge on any atom is 0.239 e. The Labute approximate surface area is 147 Å². The first kappa shape index (κ1) is 16.4. The van der Waals surface area contributed by atoms with E-state index in [0.717, 1.165) is 36.4 Å². The largest absolute Gasteiger partial charge is 0.371 e. The average Bonchev–Trinajstić information content (AvgIpc) is 3.25. The van der Waals surface area contributed by atoms with Crippen molar-refractivity contribution in [2.45, 2.75) is 25.0 Å². The van der Waals surface area contributed by atoms with Gasteiger partial charge in [0.1, 0.15) is 5.82 Å². The third kappa shape index (κ3) is 3.23. The Hall–Kier alpha value is -2.08. The van der Waals surface area contributed by atoms with E-state index < -0.39 is 10.0 Å². The molecule has 1 saturated heterocycles. The van der Waals surface area contributed by atoms with Crippen molar-refractivity contribution in [1.82, 2.24) is 0 Å². The second-order valence-electron chi connectivity index (χ2n) is 6.71. The van der Waals surface area contributed by atoms with Crippen molar-refractivity contribution in [2.24, 2.45) is 0 Å². The van der Waals surface area contributed by atoms with E-state index in [-0.39, 0.29) is 11.6 Å². The molecule has 0 spiro atoms. The number of hydrogen-bond acceptors (Lipinski definition) is 3. The van der Waals surface area contributed by atoms with Crippen molar-refractivity contribution in [3.63, 3.8) is 0 Å². The summed E-state index contributed by atoms with van der Waals surface area (Å²) in [7, 11) is -3.49. The lowest BCUT2D eigenvalue weighted by atomic mass is 10.1. The maximum atomic E-state index is 13.0. The molecule has 132 valence electrons. The van der Waals surface area contributed by atoms with Crippen LogP contribution >= 0.6 is 0 Å². The summed E-state index contributed by atoms with van der Waals surface area (Å²) in [5.74, 6) is -0.469. The number of fused-ring (bicyclic) bond motifs is 1. The second kappa shape index (κ2) is 6.33. The number of benzene rings is 2. The van der Waals surface area contributed by atoms with Gasteiger partial charge in [-0.3, -0.25) is 4.31 Å². The minimum Gasteiger partial charge on any atom is -0.371 e. The molecule has 0 aliphatic carbocycles. The van der Waals surface area contributed by atoms with Gasteiger partial charge in [-0.25, -0.2) is 12.8 Å². The fourth-order valence-electron chi connectivity index (χ4n) is 3.67. The van der Waals surface area contributed by atoms with E-state index in [1.807, 2.05) is 6.07 Å². The lowest BCUT2D eigenvalue weighted by molar-refractivity contribution is 0.591. The van der Waals surface area contributed by atoms with Gasteiger partial charge >= 0.3 is 0 Å². The number of rotatable bonds is 4.